The molecular weight excluding hydrogens is 901 g/mol. The molecule has 370 valence electrons. The van der Waals surface area contributed by atoms with E-state index < -0.39 is 0 Å². The van der Waals surface area contributed by atoms with Gasteiger partial charge in [0, 0.05) is 16.7 Å². The third kappa shape index (κ3) is 11.6. The Labute approximate surface area is 449 Å². The van der Waals surface area contributed by atoms with Gasteiger partial charge in [0.05, 0.1) is 0 Å². The first kappa shape index (κ1) is 50.6. The van der Waals surface area contributed by atoms with E-state index in [4.69, 9.17) is 6.42 Å². The lowest BCUT2D eigenvalue weighted by molar-refractivity contribution is 0.445. The van der Waals surface area contributed by atoms with E-state index in [2.05, 4.69) is 247 Å². The van der Waals surface area contributed by atoms with Crippen LogP contribution in [0, 0.1) is 42.9 Å². The van der Waals surface area contributed by atoms with Gasteiger partial charge in [0.2, 0.25) is 0 Å². The van der Waals surface area contributed by atoms with Crippen molar-refractivity contribution in [2.75, 3.05) is 0 Å². The van der Waals surface area contributed by atoms with Crippen LogP contribution in [0.3, 0.4) is 0 Å². The molecule has 0 amide bonds. The fraction of sp³-hybridized carbons (Fsp3) is 0.227. The summed E-state index contributed by atoms with van der Waals surface area (Å²) in [7, 11) is 0. The third-order valence-electron chi connectivity index (χ3n) is 16.1. The van der Waals surface area contributed by atoms with E-state index in [1.54, 1.807) is 0 Å². The highest BCUT2D eigenvalue weighted by Crippen LogP contribution is 2.36. The van der Waals surface area contributed by atoms with Gasteiger partial charge in [-0.15, -0.1) is 6.42 Å². The Balaban J connectivity index is 1.06. The van der Waals surface area contributed by atoms with Crippen LogP contribution in [0.2, 0.25) is 0 Å². The molecule has 0 saturated heterocycles. The second kappa shape index (κ2) is 23.5. The molecule has 9 aromatic rings. The molecule has 16 bridgehead atoms. The van der Waals surface area contributed by atoms with Gasteiger partial charge in [-0.2, -0.15) is 0 Å². The van der Waals surface area contributed by atoms with Gasteiger partial charge < -0.3 is 0 Å². The standard InChI is InChI=1S/C75H70/c1-7-12-14-53(9-3)47-72-51-70(73(46-52(72)6)48-54(10-4)15-13-8-2)40-41-71-50-69-43-45-75(71)67-38-34-63(35-39-67)59-22-18-56(19-23-59)60-24-28-64(29-25-60)68-42-44-74(55(11-5)49-68)66-36-32-62(33-37-66)58-20-16-57(17-21-58)61-26-30-65(69)31-27-61/h5,16-39,42-46,49-51,53-54H,7-10,12-15,47-48H2,1-4,6H3. The number of unbranched alkanes of at least 4 members (excludes halogenated alkanes) is 2. The van der Waals surface area contributed by atoms with Crippen molar-refractivity contribution >= 4 is 0 Å². The number of benzene rings is 9. The summed E-state index contributed by atoms with van der Waals surface area (Å²) in [5.41, 5.74) is 25.9. The summed E-state index contributed by atoms with van der Waals surface area (Å²) >= 11 is 0. The van der Waals surface area contributed by atoms with Gasteiger partial charge in [-0.1, -0.05) is 273 Å². The fourth-order valence-corrected chi connectivity index (χ4v) is 11.2. The minimum absolute atomic E-state index is 0.652. The highest BCUT2D eigenvalue weighted by atomic mass is 14.2. The Hall–Kier alpha value is -7.90. The first-order chi connectivity index (χ1) is 36.8. The average Bonchev–Trinajstić information content (AvgIpc) is 3.47. The summed E-state index contributed by atoms with van der Waals surface area (Å²) < 4.78 is 0. The predicted molar refractivity (Wildman–Crippen MR) is 323 cm³/mol. The normalized spacial score (nSPS) is 12.1. The summed E-state index contributed by atoms with van der Waals surface area (Å²) in [5, 5.41) is 0. The Morgan fingerprint density at radius 3 is 1.00 bits per heavy atom. The van der Waals surface area contributed by atoms with Crippen molar-refractivity contribution in [1.29, 1.82) is 0 Å². The van der Waals surface area contributed by atoms with E-state index in [-0.39, 0.29) is 0 Å². The second-order valence-electron chi connectivity index (χ2n) is 21.1. The zero-order valence-electron chi connectivity index (χ0n) is 44.8. The molecule has 0 aliphatic heterocycles. The highest BCUT2D eigenvalue weighted by Gasteiger charge is 2.17. The van der Waals surface area contributed by atoms with Crippen LogP contribution in [0.15, 0.2) is 194 Å². The van der Waals surface area contributed by atoms with E-state index in [1.165, 1.54) is 124 Å². The molecule has 0 heteroatoms. The van der Waals surface area contributed by atoms with Crippen LogP contribution in [0.5, 0.6) is 0 Å². The largest absolute Gasteiger partial charge is 0.115 e. The van der Waals surface area contributed by atoms with Crippen molar-refractivity contribution in [3.8, 4) is 113 Å². The van der Waals surface area contributed by atoms with Gasteiger partial charge in [0.25, 0.3) is 0 Å². The van der Waals surface area contributed by atoms with Crippen molar-refractivity contribution in [1.82, 2.24) is 0 Å². The van der Waals surface area contributed by atoms with Crippen LogP contribution in [0.4, 0.5) is 0 Å². The summed E-state index contributed by atoms with van der Waals surface area (Å²) in [6.07, 6.45) is 18.3. The third-order valence-corrected chi connectivity index (χ3v) is 16.1. The number of hydrogen-bond donors (Lipinski definition) is 0. The molecule has 75 heavy (non-hydrogen) atoms. The molecule has 22 aliphatic rings. The van der Waals surface area contributed by atoms with E-state index in [0.29, 0.717) is 11.8 Å². The zero-order chi connectivity index (χ0) is 51.7. The lowest BCUT2D eigenvalue weighted by Crippen LogP contribution is -2.09. The van der Waals surface area contributed by atoms with Crippen molar-refractivity contribution in [3.05, 3.63) is 228 Å². The molecule has 0 spiro atoms. The van der Waals surface area contributed by atoms with Crippen LogP contribution in [-0.4, -0.2) is 0 Å². The minimum Gasteiger partial charge on any atom is -0.115 e. The van der Waals surface area contributed by atoms with Gasteiger partial charge in [0.15, 0.2) is 0 Å². The first-order valence-corrected chi connectivity index (χ1v) is 27.8. The fourth-order valence-electron chi connectivity index (χ4n) is 11.2. The van der Waals surface area contributed by atoms with Crippen molar-refractivity contribution in [2.45, 2.75) is 98.8 Å². The summed E-state index contributed by atoms with van der Waals surface area (Å²) in [6.45, 7) is 11.7. The van der Waals surface area contributed by atoms with Crippen LogP contribution in [-0.2, 0) is 12.8 Å². The molecule has 22 aliphatic carbocycles. The van der Waals surface area contributed by atoms with E-state index in [1.807, 2.05) is 0 Å². The molecule has 0 N–H and O–H groups in total. The Morgan fingerprint density at radius 2 is 0.640 bits per heavy atom. The maximum atomic E-state index is 6.15. The Bertz CT molecular complexity index is 3490. The van der Waals surface area contributed by atoms with Crippen molar-refractivity contribution in [3.63, 3.8) is 0 Å². The topological polar surface area (TPSA) is 0 Å². The van der Waals surface area contributed by atoms with Crippen molar-refractivity contribution < 1.29 is 0 Å². The monoisotopic (exact) mass is 971 g/mol. The summed E-state index contributed by atoms with van der Waals surface area (Å²) in [4.78, 5) is 0. The van der Waals surface area contributed by atoms with E-state index in [9.17, 15) is 0 Å². The number of rotatable bonds is 12. The molecule has 0 fully saturated rings. The molecule has 0 nitrogen and oxygen atoms in total. The molecule has 0 heterocycles. The maximum absolute atomic E-state index is 6.15. The van der Waals surface area contributed by atoms with Gasteiger partial charge in [-0.05, 0) is 156 Å². The second-order valence-corrected chi connectivity index (χ2v) is 21.1. The van der Waals surface area contributed by atoms with E-state index >= 15 is 0 Å². The van der Waals surface area contributed by atoms with Gasteiger partial charge in [-0.3, -0.25) is 0 Å². The maximum Gasteiger partial charge on any atom is 0.0333 e. The van der Waals surface area contributed by atoms with E-state index in [0.717, 1.165) is 62.9 Å². The summed E-state index contributed by atoms with van der Waals surface area (Å²) in [6, 6.07) is 71.9. The van der Waals surface area contributed by atoms with Gasteiger partial charge >= 0.3 is 0 Å². The number of aryl methyl sites for hydroxylation is 1. The quantitative estimate of drug-likeness (QED) is 0.107. The Morgan fingerprint density at radius 1 is 0.333 bits per heavy atom. The van der Waals surface area contributed by atoms with Crippen LogP contribution < -0.4 is 0 Å². The molecule has 2 atom stereocenters. The lowest BCUT2D eigenvalue weighted by atomic mass is 9.85. The molecule has 2 unspecified atom stereocenters. The van der Waals surface area contributed by atoms with Crippen LogP contribution in [0.1, 0.15) is 112 Å². The van der Waals surface area contributed by atoms with Crippen LogP contribution >= 0.6 is 0 Å². The lowest BCUT2D eigenvalue weighted by Gasteiger charge is -2.20. The molecule has 9 aromatic carbocycles. The average molecular weight is 971 g/mol. The summed E-state index contributed by atoms with van der Waals surface area (Å²) in [5.74, 6) is 12.0. The molecular formula is C75H70. The smallest absolute Gasteiger partial charge is 0.0333 e. The number of hydrogen-bond acceptors (Lipinski definition) is 0. The van der Waals surface area contributed by atoms with Crippen LogP contribution in [0.25, 0.3) is 89.0 Å². The molecule has 0 aromatic heterocycles. The highest BCUT2D eigenvalue weighted by molar-refractivity contribution is 5.83. The molecule has 0 radical (unpaired) electrons. The minimum atomic E-state index is 0.652. The Kier molecular flexibility index (Phi) is 15.9. The van der Waals surface area contributed by atoms with Gasteiger partial charge in [-0.25, -0.2) is 0 Å². The first-order valence-electron chi connectivity index (χ1n) is 27.8. The SMILES string of the molecule is C#Cc1cc2ccc1-c1ccc(cc1)-c1ccc(cc1)-c1ccc(cc1)-c1ccc(c(C#Cc3cc(CC(CC)CCCC)c(C)cc3CC(CC)CCCC)c1)-c1ccc(cc1)-c1ccc(cc1)-c1ccc-2cc1. The molecule has 31 rings (SSSR count). The van der Waals surface area contributed by atoms with Gasteiger partial charge in [0.1, 0.15) is 0 Å². The number of terminal acetylenes is 1. The predicted octanol–water partition coefficient (Wildman–Crippen LogP) is 20.5. The van der Waals surface area contributed by atoms with Crippen molar-refractivity contribution in [2.24, 2.45) is 11.8 Å². The zero-order valence-corrected chi connectivity index (χ0v) is 44.8. The molecule has 0 saturated carbocycles.